The predicted octanol–water partition coefficient (Wildman–Crippen LogP) is 2.40. The van der Waals surface area contributed by atoms with Crippen LogP contribution in [0.4, 0.5) is 5.82 Å². The van der Waals surface area contributed by atoms with E-state index in [0.717, 1.165) is 23.5 Å². The molecule has 0 atom stereocenters. The Hall–Kier alpha value is -1.90. The first-order valence-electron chi connectivity index (χ1n) is 4.90. The maximum Gasteiger partial charge on any atom is 0.129 e. The van der Waals surface area contributed by atoms with Gasteiger partial charge in [0.1, 0.15) is 5.82 Å². The number of rotatable bonds is 3. The fourth-order valence-corrected chi connectivity index (χ4v) is 1.36. The number of aromatic nitrogens is 2. The van der Waals surface area contributed by atoms with Gasteiger partial charge in [-0.2, -0.15) is 0 Å². The molecular weight excluding hydrogens is 186 g/mol. The summed E-state index contributed by atoms with van der Waals surface area (Å²) in [5, 5.41) is 3.28. The SMILES string of the molecule is Cc1cccnc1NCc1cccnc1. The zero-order chi connectivity index (χ0) is 10.5. The highest BCUT2D eigenvalue weighted by Gasteiger charge is 1.97. The molecule has 0 spiro atoms. The molecule has 1 N–H and O–H groups in total. The quantitative estimate of drug-likeness (QED) is 0.824. The van der Waals surface area contributed by atoms with Crippen molar-refractivity contribution in [1.29, 1.82) is 0 Å². The molecule has 3 nitrogen and oxygen atoms in total. The predicted molar refractivity (Wildman–Crippen MR) is 60.5 cm³/mol. The van der Waals surface area contributed by atoms with E-state index in [4.69, 9.17) is 0 Å². The van der Waals surface area contributed by atoms with E-state index in [1.54, 1.807) is 12.4 Å². The van der Waals surface area contributed by atoms with Crippen LogP contribution in [0.3, 0.4) is 0 Å². The fourth-order valence-electron chi connectivity index (χ4n) is 1.36. The Kier molecular flexibility index (Phi) is 2.93. The lowest BCUT2D eigenvalue weighted by Crippen LogP contribution is -2.02. The van der Waals surface area contributed by atoms with Gasteiger partial charge in [-0.3, -0.25) is 4.98 Å². The Morgan fingerprint density at radius 1 is 1.20 bits per heavy atom. The minimum atomic E-state index is 0.756. The van der Waals surface area contributed by atoms with E-state index in [1.807, 2.05) is 37.4 Å². The minimum Gasteiger partial charge on any atom is -0.366 e. The number of anilines is 1. The number of hydrogen-bond donors (Lipinski definition) is 1. The first kappa shape index (κ1) is 9.65. The van der Waals surface area contributed by atoms with Crippen molar-refractivity contribution in [3.8, 4) is 0 Å². The van der Waals surface area contributed by atoms with E-state index in [-0.39, 0.29) is 0 Å². The molecule has 15 heavy (non-hydrogen) atoms. The van der Waals surface area contributed by atoms with Crippen molar-refractivity contribution in [3.63, 3.8) is 0 Å². The third-order valence-corrected chi connectivity index (χ3v) is 2.19. The summed E-state index contributed by atoms with van der Waals surface area (Å²) < 4.78 is 0. The molecule has 0 bridgehead atoms. The molecule has 0 saturated heterocycles. The second kappa shape index (κ2) is 4.55. The molecular formula is C12H13N3. The second-order valence-electron chi connectivity index (χ2n) is 3.38. The van der Waals surface area contributed by atoms with Gasteiger partial charge in [-0.25, -0.2) is 4.98 Å². The molecule has 2 aromatic heterocycles. The van der Waals surface area contributed by atoms with Crippen LogP contribution in [-0.2, 0) is 6.54 Å². The molecule has 0 unspecified atom stereocenters. The van der Waals surface area contributed by atoms with Gasteiger partial charge in [-0.05, 0) is 30.2 Å². The van der Waals surface area contributed by atoms with E-state index in [2.05, 4.69) is 15.3 Å². The standard InChI is InChI=1S/C12H13N3/c1-10-4-2-7-14-12(10)15-9-11-5-3-6-13-8-11/h2-8H,9H2,1H3,(H,14,15). The molecule has 3 heteroatoms. The van der Waals surface area contributed by atoms with Crippen molar-refractivity contribution in [2.24, 2.45) is 0 Å². The zero-order valence-corrected chi connectivity index (χ0v) is 8.64. The number of nitrogens with zero attached hydrogens (tertiary/aromatic N) is 2. The third-order valence-electron chi connectivity index (χ3n) is 2.19. The van der Waals surface area contributed by atoms with E-state index in [9.17, 15) is 0 Å². The van der Waals surface area contributed by atoms with Gasteiger partial charge in [0.25, 0.3) is 0 Å². The lowest BCUT2D eigenvalue weighted by atomic mass is 10.2. The van der Waals surface area contributed by atoms with Gasteiger partial charge in [-0.1, -0.05) is 12.1 Å². The van der Waals surface area contributed by atoms with Crippen LogP contribution in [0.25, 0.3) is 0 Å². The van der Waals surface area contributed by atoms with Crippen LogP contribution in [0.2, 0.25) is 0 Å². The van der Waals surface area contributed by atoms with Crippen LogP contribution in [0, 0.1) is 6.92 Å². The number of hydrogen-bond acceptors (Lipinski definition) is 3. The molecule has 2 rings (SSSR count). The third kappa shape index (κ3) is 2.53. The molecule has 0 amide bonds. The fraction of sp³-hybridized carbons (Fsp3) is 0.167. The highest BCUT2D eigenvalue weighted by Crippen LogP contribution is 2.10. The lowest BCUT2D eigenvalue weighted by Gasteiger charge is -2.07. The smallest absolute Gasteiger partial charge is 0.129 e. The van der Waals surface area contributed by atoms with Crippen molar-refractivity contribution in [2.75, 3.05) is 5.32 Å². The van der Waals surface area contributed by atoms with E-state index in [1.165, 1.54) is 0 Å². The molecule has 0 aliphatic heterocycles. The molecule has 2 heterocycles. The summed E-state index contributed by atoms with van der Waals surface area (Å²) >= 11 is 0. The Bertz CT molecular complexity index is 426. The normalized spacial score (nSPS) is 9.93. The van der Waals surface area contributed by atoms with Gasteiger partial charge < -0.3 is 5.32 Å². The summed E-state index contributed by atoms with van der Waals surface area (Å²) in [6.45, 7) is 2.80. The highest BCUT2D eigenvalue weighted by molar-refractivity contribution is 5.42. The summed E-state index contributed by atoms with van der Waals surface area (Å²) in [7, 11) is 0. The molecule has 0 fully saturated rings. The molecule has 0 radical (unpaired) electrons. The monoisotopic (exact) mass is 199 g/mol. The Morgan fingerprint density at radius 2 is 2.07 bits per heavy atom. The van der Waals surface area contributed by atoms with Crippen molar-refractivity contribution >= 4 is 5.82 Å². The molecule has 76 valence electrons. The van der Waals surface area contributed by atoms with Crippen LogP contribution in [-0.4, -0.2) is 9.97 Å². The summed E-state index contributed by atoms with van der Waals surface area (Å²) in [4.78, 5) is 8.32. The number of aryl methyl sites for hydroxylation is 1. The topological polar surface area (TPSA) is 37.8 Å². The largest absolute Gasteiger partial charge is 0.366 e. The van der Waals surface area contributed by atoms with Crippen LogP contribution >= 0.6 is 0 Å². The van der Waals surface area contributed by atoms with E-state index in [0.29, 0.717) is 0 Å². The van der Waals surface area contributed by atoms with Gasteiger partial charge in [-0.15, -0.1) is 0 Å². The average Bonchev–Trinajstić information content (AvgIpc) is 2.29. The minimum absolute atomic E-state index is 0.756. The maximum atomic E-state index is 4.26. The van der Waals surface area contributed by atoms with Gasteiger partial charge in [0.2, 0.25) is 0 Å². The van der Waals surface area contributed by atoms with E-state index < -0.39 is 0 Å². The summed E-state index contributed by atoms with van der Waals surface area (Å²) in [6, 6.07) is 7.95. The molecule has 0 aliphatic rings. The highest BCUT2D eigenvalue weighted by atomic mass is 15.0. The van der Waals surface area contributed by atoms with Crippen molar-refractivity contribution in [3.05, 3.63) is 54.0 Å². The van der Waals surface area contributed by atoms with Crippen molar-refractivity contribution < 1.29 is 0 Å². The molecule has 0 saturated carbocycles. The lowest BCUT2D eigenvalue weighted by molar-refractivity contribution is 1.08. The maximum absolute atomic E-state index is 4.26. The van der Waals surface area contributed by atoms with Crippen molar-refractivity contribution in [2.45, 2.75) is 13.5 Å². The summed E-state index contributed by atoms with van der Waals surface area (Å²) in [5.41, 5.74) is 2.31. The summed E-state index contributed by atoms with van der Waals surface area (Å²) in [6.07, 6.45) is 5.42. The first-order valence-corrected chi connectivity index (χ1v) is 4.90. The van der Waals surface area contributed by atoms with Crippen LogP contribution < -0.4 is 5.32 Å². The Labute approximate surface area is 89.2 Å². The van der Waals surface area contributed by atoms with Crippen LogP contribution in [0.1, 0.15) is 11.1 Å². The van der Waals surface area contributed by atoms with Gasteiger partial charge in [0.15, 0.2) is 0 Å². The summed E-state index contributed by atoms with van der Waals surface area (Å²) in [5.74, 6) is 0.932. The van der Waals surface area contributed by atoms with Gasteiger partial charge >= 0.3 is 0 Å². The molecule has 2 aromatic rings. The van der Waals surface area contributed by atoms with Crippen LogP contribution in [0.5, 0.6) is 0 Å². The number of nitrogens with one attached hydrogen (secondary N) is 1. The average molecular weight is 199 g/mol. The second-order valence-corrected chi connectivity index (χ2v) is 3.38. The van der Waals surface area contributed by atoms with Gasteiger partial charge in [0, 0.05) is 25.1 Å². The van der Waals surface area contributed by atoms with Crippen LogP contribution in [0.15, 0.2) is 42.9 Å². The molecule has 0 aliphatic carbocycles. The van der Waals surface area contributed by atoms with Gasteiger partial charge in [0.05, 0.1) is 0 Å². The molecule has 0 aromatic carbocycles. The first-order chi connectivity index (χ1) is 7.36. The van der Waals surface area contributed by atoms with Crippen molar-refractivity contribution in [1.82, 2.24) is 9.97 Å². The number of pyridine rings is 2. The zero-order valence-electron chi connectivity index (χ0n) is 8.64. The Balaban J connectivity index is 2.03. The van der Waals surface area contributed by atoms with E-state index >= 15 is 0 Å². The Morgan fingerprint density at radius 3 is 2.80 bits per heavy atom.